The summed E-state index contributed by atoms with van der Waals surface area (Å²) in [6.07, 6.45) is -0.475. The lowest BCUT2D eigenvalue weighted by molar-refractivity contribution is -0.00265. The van der Waals surface area contributed by atoms with Gasteiger partial charge in [-0.25, -0.2) is 9.59 Å². The molecule has 1 atom stereocenters. The number of esters is 2. The van der Waals surface area contributed by atoms with Crippen LogP contribution in [0.2, 0.25) is 0 Å². The number of carbonyl (C=O) groups is 2. The molecule has 0 aromatic heterocycles. The molecule has 0 aliphatic carbocycles. The number of aromatic hydroxyl groups is 4. The Hall–Kier alpha value is -5.42. The van der Waals surface area contributed by atoms with E-state index in [1.807, 2.05) is 12.1 Å². The molecule has 0 radical (unpaired) electrons. The Labute approximate surface area is 252 Å². The Balaban J connectivity index is 1.70. The number of methoxy groups -OCH3 is 1. The summed E-state index contributed by atoms with van der Waals surface area (Å²) in [6.45, 7) is -0.546. The van der Waals surface area contributed by atoms with Crippen LogP contribution >= 0.6 is 0 Å². The highest BCUT2D eigenvalue weighted by Gasteiger charge is 2.34. The molecule has 0 spiro atoms. The number of carbonyl (C=O) groups excluding carboxylic acids is 2. The molecule has 44 heavy (non-hydrogen) atoms. The topological polar surface area (TPSA) is 161 Å². The first-order chi connectivity index (χ1) is 21.3. The molecule has 1 aliphatic rings. The van der Waals surface area contributed by atoms with Crippen LogP contribution in [0.5, 0.6) is 34.5 Å². The van der Waals surface area contributed by atoms with Gasteiger partial charge >= 0.3 is 11.9 Å². The summed E-state index contributed by atoms with van der Waals surface area (Å²) in [5.74, 6) is -5.59. The third-order valence-electron chi connectivity index (χ3n) is 7.02. The quantitative estimate of drug-likeness (QED) is 0.209. The first kappa shape index (κ1) is 30.1. The minimum Gasteiger partial charge on any atom is -0.504 e. The van der Waals surface area contributed by atoms with E-state index < -0.39 is 74.8 Å². The van der Waals surface area contributed by atoms with E-state index >= 15 is 0 Å². The number of phenols is 4. The van der Waals surface area contributed by atoms with Crippen LogP contribution in [0.3, 0.4) is 0 Å². The molecule has 1 aliphatic heterocycles. The fourth-order valence-corrected chi connectivity index (χ4v) is 4.72. The number of ether oxygens (including phenoxy) is 5. The number of phenolic OH excluding ortho intramolecular Hbond substituents is 4. The third kappa shape index (κ3) is 6.32. The van der Waals surface area contributed by atoms with Gasteiger partial charge in [0.05, 0.1) is 23.8 Å². The number of fused-ring (bicyclic) bond motifs is 3. The van der Waals surface area contributed by atoms with Gasteiger partial charge in [0.15, 0.2) is 23.0 Å². The molecular weight excluding hydrogens is 572 g/mol. The summed E-state index contributed by atoms with van der Waals surface area (Å²) >= 11 is 0. The van der Waals surface area contributed by atoms with Gasteiger partial charge in [-0.1, -0.05) is 60.7 Å². The van der Waals surface area contributed by atoms with Gasteiger partial charge in [0, 0.05) is 24.7 Å². The molecule has 0 unspecified atom stereocenters. The average Bonchev–Trinajstić information content (AvgIpc) is 3.02. The summed E-state index contributed by atoms with van der Waals surface area (Å²) in [5.41, 5.74) is -0.220. The normalized spacial score (nSPS) is 15.1. The van der Waals surface area contributed by atoms with Crippen LogP contribution in [0, 0.1) is 0 Å². The largest absolute Gasteiger partial charge is 0.504 e. The number of hydrogen-bond donors (Lipinski definition) is 4. The lowest BCUT2D eigenvalue weighted by atomic mass is 9.91. The van der Waals surface area contributed by atoms with Crippen LogP contribution in [0.4, 0.5) is 0 Å². The lowest BCUT2D eigenvalue weighted by Gasteiger charge is -2.23. The van der Waals surface area contributed by atoms with E-state index in [9.17, 15) is 30.0 Å². The van der Waals surface area contributed by atoms with E-state index in [-0.39, 0.29) is 32.8 Å². The molecule has 5 rings (SSSR count). The second-order valence-corrected chi connectivity index (χ2v) is 9.92. The highest BCUT2D eigenvalue weighted by atomic mass is 16.6. The average molecular weight is 603 g/mol. The molecular formula is C33H30O11. The molecule has 4 aromatic carbocycles. The van der Waals surface area contributed by atoms with Gasteiger partial charge < -0.3 is 44.1 Å². The predicted octanol–water partition coefficient (Wildman–Crippen LogP) is 5.07. The summed E-state index contributed by atoms with van der Waals surface area (Å²) in [4.78, 5) is 26.8. The third-order valence-corrected chi connectivity index (χ3v) is 7.02. The smallest absolute Gasteiger partial charge is 0.339 e. The molecule has 228 valence electrons. The maximum atomic E-state index is 13.4. The lowest BCUT2D eigenvalue weighted by Crippen LogP contribution is -2.24. The van der Waals surface area contributed by atoms with Crippen molar-refractivity contribution in [3.05, 3.63) is 95.1 Å². The van der Waals surface area contributed by atoms with Crippen molar-refractivity contribution in [3.8, 4) is 45.6 Å². The maximum absolute atomic E-state index is 13.4. The molecule has 0 bridgehead atoms. The minimum atomic E-state index is -0.999. The zero-order chi connectivity index (χ0) is 31.2. The van der Waals surface area contributed by atoms with Crippen LogP contribution in [-0.2, 0) is 27.4 Å². The fourth-order valence-electron chi connectivity index (χ4n) is 4.72. The molecule has 4 aromatic rings. The Kier molecular flexibility index (Phi) is 9.06. The van der Waals surface area contributed by atoms with E-state index in [1.54, 1.807) is 48.5 Å². The van der Waals surface area contributed by atoms with Gasteiger partial charge in [-0.3, -0.25) is 0 Å². The zero-order valence-corrected chi connectivity index (χ0v) is 23.7. The summed E-state index contributed by atoms with van der Waals surface area (Å²) in [7, 11) is 1.40. The van der Waals surface area contributed by atoms with Gasteiger partial charge in [0.2, 0.25) is 11.5 Å². The van der Waals surface area contributed by atoms with E-state index in [1.165, 1.54) is 7.11 Å². The van der Waals surface area contributed by atoms with E-state index in [0.29, 0.717) is 11.1 Å². The molecule has 1 heterocycles. The maximum Gasteiger partial charge on any atom is 0.339 e. The highest BCUT2D eigenvalue weighted by Crippen LogP contribution is 2.53. The van der Waals surface area contributed by atoms with Crippen LogP contribution in [0.25, 0.3) is 11.1 Å². The second kappa shape index (κ2) is 13.3. The van der Waals surface area contributed by atoms with Crippen molar-refractivity contribution in [3.63, 3.8) is 0 Å². The number of benzene rings is 4. The van der Waals surface area contributed by atoms with Gasteiger partial charge in [-0.15, -0.1) is 0 Å². The fraction of sp³-hybridized carbons (Fsp3) is 0.212. The van der Waals surface area contributed by atoms with Crippen molar-refractivity contribution < 1.29 is 53.7 Å². The van der Waals surface area contributed by atoms with Crippen LogP contribution in [0.1, 0.15) is 38.3 Å². The molecule has 4 N–H and O–H groups in total. The SMILES string of the molecule is CO[C@@H]1CCOC(=O)c2cc(O)c(OCc3ccccc3)c(O)c2-c2c(cc(O)c(OCc3ccccc3)c2O)C(=O)OC1. The van der Waals surface area contributed by atoms with Crippen molar-refractivity contribution in [1.82, 2.24) is 0 Å². The second-order valence-electron chi connectivity index (χ2n) is 9.92. The molecule has 0 saturated heterocycles. The van der Waals surface area contributed by atoms with E-state index in [4.69, 9.17) is 23.7 Å². The summed E-state index contributed by atoms with van der Waals surface area (Å²) < 4.78 is 27.7. The van der Waals surface area contributed by atoms with Crippen molar-refractivity contribution in [1.29, 1.82) is 0 Å². The first-order valence-electron chi connectivity index (χ1n) is 13.7. The predicted molar refractivity (Wildman–Crippen MR) is 156 cm³/mol. The van der Waals surface area contributed by atoms with Crippen molar-refractivity contribution in [2.75, 3.05) is 20.3 Å². The number of hydrogen-bond acceptors (Lipinski definition) is 11. The Morgan fingerprint density at radius 1 is 0.705 bits per heavy atom. The monoisotopic (exact) mass is 602 g/mol. The van der Waals surface area contributed by atoms with Crippen molar-refractivity contribution in [2.24, 2.45) is 0 Å². The van der Waals surface area contributed by atoms with Gasteiger partial charge in [-0.05, 0) is 23.3 Å². The van der Waals surface area contributed by atoms with Gasteiger partial charge in [-0.2, -0.15) is 0 Å². The Morgan fingerprint density at radius 2 is 1.16 bits per heavy atom. The zero-order valence-electron chi connectivity index (χ0n) is 23.7. The molecule has 0 saturated carbocycles. The Morgan fingerprint density at radius 3 is 1.61 bits per heavy atom. The summed E-state index contributed by atoms with van der Waals surface area (Å²) in [6, 6.07) is 19.8. The first-order valence-corrected chi connectivity index (χ1v) is 13.7. The number of cyclic esters (lactones) is 2. The molecule has 11 heteroatoms. The van der Waals surface area contributed by atoms with Crippen molar-refractivity contribution >= 4 is 11.9 Å². The van der Waals surface area contributed by atoms with Crippen LogP contribution in [0.15, 0.2) is 72.8 Å². The highest BCUT2D eigenvalue weighted by molar-refractivity contribution is 6.08. The van der Waals surface area contributed by atoms with E-state index in [0.717, 1.165) is 12.1 Å². The minimum absolute atomic E-state index is 0.0779. The molecule has 11 nitrogen and oxygen atoms in total. The van der Waals surface area contributed by atoms with Crippen LogP contribution < -0.4 is 9.47 Å². The number of rotatable bonds is 7. The standard InChI is InChI=1S/C33H30O11/c1-40-21-12-13-41-32(38)22-14-24(34)30(42-16-19-8-4-2-5-9-19)28(36)26(22)27-23(33(39)44-18-21)15-25(35)31(29(27)37)43-17-20-10-6-3-7-11-20/h2-11,14-15,21,34-37H,12-13,16-18H2,1H3/t21-/m1/s1. The van der Waals surface area contributed by atoms with Gasteiger partial charge in [0.1, 0.15) is 19.8 Å². The Bertz CT molecular complexity index is 1650. The van der Waals surface area contributed by atoms with Gasteiger partial charge in [0.25, 0.3) is 0 Å². The summed E-state index contributed by atoms with van der Waals surface area (Å²) in [5, 5.41) is 44.8. The molecule has 0 fully saturated rings. The van der Waals surface area contributed by atoms with Crippen LogP contribution in [-0.4, -0.2) is 58.8 Å². The van der Waals surface area contributed by atoms with E-state index in [2.05, 4.69) is 0 Å². The van der Waals surface area contributed by atoms with Crippen molar-refractivity contribution in [2.45, 2.75) is 25.7 Å². The molecule has 0 amide bonds.